The Balaban J connectivity index is 2.36. The molecule has 0 saturated heterocycles. The summed E-state index contributed by atoms with van der Waals surface area (Å²) in [7, 11) is 5.53. The number of alkyl halides is 1. The van der Waals surface area contributed by atoms with Gasteiger partial charge in [0.25, 0.3) is 0 Å². The van der Waals surface area contributed by atoms with Crippen LogP contribution in [0.2, 0.25) is 0 Å². The van der Waals surface area contributed by atoms with Gasteiger partial charge in [-0.15, -0.1) is 11.6 Å². The molecule has 0 saturated carbocycles. The first-order chi connectivity index (χ1) is 7.13. The van der Waals surface area contributed by atoms with E-state index in [1.807, 2.05) is 14.1 Å². The molecule has 6 heteroatoms. The number of aryl methyl sites for hydroxylation is 1. The maximum Gasteiger partial charge on any atom is 0.140 e. The van der Waals surface area contributed by atoms with Gasteiger partial charge in [-0.25, -0.2) is 4.98 Å². The molecule has 1 aromatic heterocycles. The van der Waals surface area contributed by atoms with Crippen LogP contribution in [-0.2, 0) is 18.3 Å². The number of nitrogens with zero attached hydrogens (tertiary/aromatic N) is 4. The third-order valence-electron chi connectivity index (χ3n) is 2.07. The molecule has 0 spiro atoms. The van der Waals surface area contributed by atoms with Crippen molar-refractivity contribution in [2.45, 2.75) is 11.9 Å². The van der Waals surface area contributed by atoms with Crippen molar-refractivity contribution in [2.75, 3.05) is 27.3 Å². The van der Waals surface area contributed by atoms with Crippen LogP contribution in [0.4, 0.5) is 0 Å². The van der Waals surface area contributed by atoms with Crippen LogP contribution in [0.3, 0.4) is 0 Å². The number of hydrogen-bond acceptors (Lipinski definition) is 4. The molecule has 1 heterocycles. The lowest BCUT2D eigenvalue weighted by Crippen LogP contribution is -2.29. The van der Waals surface area contributed by atoms with Gasteiger partial charge in [-0.05, 0) is 7.05 Å². The third kappa shape index (κ3) is 4.15. The molecule has 0 aliphatic rings. The standard InChI is InChI=1S/C9H17ClN4O/c1-13(4-8(10)6-15-3)5-9-11-7-12-14(9)2/h7-8H,4-6H2,1-3H3. The lowest BCUT2D eigenvalue weighted by molar-refractivity contribution is 0.180. The van der Waals surface area contributed by atoms with Gasteiger partial charge in [0.2, 0.25) is 0 Å². The highest BCUT2D eigenvalue weighted by molar-refractivity contribution is 6.20. The molecule has 0 aromatic carbocycles. The van der Waals surface area contributed by atoms with Crippen molar-refractivity contribution in [1.29, 1.82) is 0 Å². The quantitative estimate of drug-likeness (QED) is 0.670. The van der Waals surface area contributed by atoms with Crippen molar-refractivity contribution >= 4 is 11.6 Å². The van der Waals surface area contributed by atoms with Gasteiger partial charge in [0.15, 0.2) is 0 Å². The maximum atomic E-state index is 6.05. The van der Waals surface area contributed by atoms with Gasteiger partial charge in [0.1, 0.15) is 12.2 Å². The fourth-order valence-corrected chi connectivity index (χ4v) is 1.70. The van der Waals surface area contributed by atoms with Crippen LogP contribution < -0.4 is 0 Å². The van der Waals surface area contributed by atoms with Gasteiger partial charge in [-0.2, -0.15) is 5.10 Å². The zero-order chi connectivity index (χ0) is 11.3. The summed E-state index contributed by atoms with van der Waals surface area (Å²) < 4.78 is 6.73. The van der Waals surface area contributed by atoms with Crippen molar-refractivity contribution in [3.63, 3.8) is 0 Å². The molecule has 0 fully saturated rings. The van der Waals surface area contributed by atoms with Crippen LogP contribution in [0.15, 0.2) is 6.33 Å². The molecule has 15 heavy (non-hydrogen) atoms. The van der Waals surface area contributed by atoms with Crippen LogP contribution in [0.25, 0.3) is 0 Å². The summed E-state index contributed by atoms with van der Waals surface area (Å²) in [4.78, 5) is 6.24. The summed E-state index contributed by atoms with van der Waals surface area (Å²) in [5.74, 6) is 0.929. The number of methoxy groups -OCH3 is 1. The zero-order valence-electron chi connectivity index (χ0n) is 9.35. The molecule has 86 valence electrons. The van der Waals surface area contributed by atoms with E-state index in [1.54, 1.807) is 18.1 Å². The molecule has 0 amide bonds. The van der Waals surface area contributed by atoms with Crippen molar-refractivity contribution < 1.29 is 4.74 Å². The smallest absolute Gasteiger partial charge is 0.140 e. The van der Waals surface area contributed by atoms with E-state index in [-0.39, 0.29) is 5.38 Å². The molecule has 0 aliphatic heterocycles. The van der Waals surface area contributed by atoms with Crippen LogP contribution in [-0.4, -0.2) is 52.4 Å². The second kappa shape index (κ2) is 6.05. The molecule has 0 bridgehead atoms. The first kappa shape index (κ1) is 12.4. The predicted molar refractivity (Wildman–Crippen MR) is 58.9 cm³/mol. The Bertz CT molecular complexity index is 291. The fourth-order valence-electron chi connectivity index (χ4n) is 1.34. The van der Waals surface area contributed by atoms with Crippen molar-refractivity contribution in [1.82, 2.24) is 19.7 Å². The summed E-state index contributed by atoms with van der Waals surface area (Å²) in [6, 6.07) is 0. The minimum atomic E-state index is 0.00762. The molecule has 0 radical (unpaired) electrons. The highest BCUT2D eigenvalue weighted by Crippen LogP contribution is 2.02. The molecule has 1 unspecified atom stereocenters. The normalized spacial score (nSPS) is 13.4. The van der Waals surface area contributed by atoms with Crippen LogP contribution >= 0.6 is 11.6 Å². The lowest BCUT2D eigenvalue weighted by Gasteiger charge is -2.18. The lowest BCUT2D eigenvalue weighted by atomic mass is 10.4. The van der Waals surface area contributed by atoms with E-state index in [1.165, 1.54) is 0 Å². The van der Waals surface area contributed by atoms with E-state index in [2.05, 4.69) is 15.0 Å². The summed E-state index contributed by atoms with van der Waals surface area (Å²) in [5, 5.41) is 4.01. The highest BCUT2D eigenvalue weighted by atomic mass is 35.5. The molecular formula is C9H17ClN4O. The summed E-state index contributed by atoms with van der Waals surface area (Å²) >= 11 is 6.05. The van der Waals surface area contributed by atoms with E-state index in [9.17, 15) is 0 Å². The topological polar surface area (TPSA) is 43.2 Å². The predicted octanol–water partition coefficient (Wildman–Crippen LogP) is 0.501. The average Bonchev–Trinajstić information content (AvgIpc) is 2.52. The molecule has 1 aromatic rings. The second-order valence-corrected chi connectivity index (χ2v) is 4.17. The SMILES string of the molecule is COCC(Cl)CN(C)Cc1ncnn1C. The monoisotopic (exact) mass is 232 g/mol. The van der Waals surface area contributed by atoms with Gasteiger partial charge in [-0.3, -0.25) is 9.58 Å². The maximum absolute atomic E-state index is 6.05. The molecule has 1 atom stereocenters. The van der Waals surface area contributed by atoms with E-state index in [4.69, 9.17) is 16.3 Å². The summed E-state index contributed by atoms with van der Waals surface area (Å²) in [6.45, 7) is 2.07. The van der Waals surface area contributed by atoms with E-state index in [0.29, 0.717) is 6.61 Å². The minimum Gasteiger partial charge on any atom is -0.383 e. The first-order valence-corrected chi connectivity index (χ1v) is 5.21. The van der Waals surface area contributed by atoms with Gasteiger partial charge < -0.3 is 4.74 Å². The van der Waals surface area contributed by atoms with Gasteiger partial charge in [-0.1, -0.05) is 0 Å². The largest absolute Gasteiger partial charge is 0.383 e. The number of rotatable bonds is 6. The Hall–Kier alpha value is -0.650. The Morgan fingerprint density at radius 2 is 2.40 bits per heavy atom. The van der Waals surface area contributed by atoms with Crippen molar-refractivity contribution in [2.24, 2.45) is 7.05 Å². The first-order valence-electron chi connectivity index (χ1n) is 4.78. The number of halogens is 1. The number of aromatic nitrogens is 3. The summed E-state index contributed by atoms with van der Waals surface area (Å²) in [6.07, 6.45) is 1.55. The Kier molecular flexibility index (Phi) is 5.01. The van der Waals surface area contributed by atoms with Crippen molar-refractivity contribution in [3.05, 3.63) is 12.2 Å². The van der Waals surface area contributed by atoms with E-state index < -0.39 is 0 Å². The molecule has 5 nitrogen and oxygen atoms in total. The number of ether oxygens (including phenoxy) is 1. The Labute approximate surface area is 95.0 Å². The number of hydrogen-bond donors (Lipinski definition) is 0. The Morgan fingerprint density at radius 1 is 1.67 bits per heavy atom. The third-order valence-corrected chi connectivity index (χ3v) is 2.34. The Morgan fingerprint density at radius 3 is 2.93 bits per heavy atom. The van der Waals surface area contributed by atoms with Gasteiger partial charge in [0.05, 0.1) is 18.5 Å². The van der Waals surface area contributed by atoms with Crippen molar-refractivity contribution in [3.8, 4) is 0 Å². The van der Waals surface area contributed by atoms with Crippen LogP contribution in [0.5, 0.6) is 0 Å². The van der Waals surface area contributed by atoms with Gasteiger partial charge in [0, 0.05) is 20.7 Å². The molecule has 0 aliphatic carbocycles. The van der Waals surface area contributed by atoms with Gasteiger partial charge >= 0.3 is 0 Å². The molecule has 1 rings (SSSR count). The second-order valence-electron chi connectivity index (χ2n) is 3.55. The summed E-state index contributed by atoms with van der Waals surface area (Å²) in [5.41, 5.74) is 0. The fraction of sp³-hybridized carbons (Fsp3) is 0.778. The molecule has 0 N–H and O–H groups in total. The molecular weight excluding hydrogens is 216 g/mol. The minimum absolute atomic E-state index is 0.00762. The zero-order valence-corrected chi connectivity index (χ0v) is 10.1. The average molecular weight is 233 g/mol. The van der Waals surface area contributed by atoms with E-state index >= 15 is 0 Å². The van der Waals surface area contributed by atoms with Crippen LogP contribution in [0, 0.1) is 0 Å². The highest BCUT2D eigenvalue weighted by Gasteiger charge is 2.10. The van der Waals surface area contributed by atoms with E-state index in [0.717, 1.165) is 18.9 Å². The van der Waals surface area contributed by atoms with Crippen LogP contribution in [0.1, 0.15) is 5.82 Å².